The molecule has 0 fully saturated rings. The predicted octanol–water partition coefficient (Wildman–Crippen LogP) is 5.87. The van der Waals surface area contributed by atoms with E-state index < -0.39 is 16.1 Å². The molecule has 188 valence electrons. The molecule has 0 spiro atoms. The maximum absolute atomic E-state index is 13.3. The normalized spacial score (nSPS) is 15.4. The third kappa shape index (κ3) is 5.46. The first-order chi connectivity index (χ1) is 16.7. The van der Waals surface area contributed by atoms with E-state index in [9.17, 15) is 13.2 Å². The molecule has 1 amide bonds. The number of imidazole rings is 1. The number of amides is 1. The Morgan fingerprint density at radius 2 is 2.03 bits per heavy atom. The van der Waals surface area contributed by atoms with E-state index in [1.165, 1.54) is 16.9 Å². The van der Waals surface area contributed by atoms with E-state index in [0.717, 1.165) is 47.5 Å². The summed E-state index contributed by atoms with van der Waals surface area (Å²) >= 11 is 1.24. The van der Waals surface area contributed by atoms with E-state index in [2.05, 4.69) is 40.3 Å². The lowest BCUT2D eigenvalue weighted by Gasteiger charge is -2.15. The lowest BCUT2D eigenvalue weighted by atomic mass is 9.97. The van der Waals surface area contributed by atoms with E-state index in [1.807, 2.05) is 38.4 Å². The minimum atomic E-state index is -4.09. The molecule has 4 rings (SSSR count). The van der Waals surface area contributed by atoms with Crippen LogP contribution in [0.15, 0.2) is 40.9 Å². The van der Waals surface area contributed by atoms with Gasteiger partial charge in [-0.25, -0.2) is 22.9 Å². The quantitative estimate of drug-likeness (QED) is 0.360. The number of nitrogens with zero attached hydrogens (tertiary/aromatic N) is 2. The van der Waals surface area contributed by atoms with E-state index in [4.69, 9.17) is 4.74 Å². The Morgan fingerprint density at radius 1 is 1.29 bits per heavy atom. The van der Waals surface area contributed by atoms with Crippen molar-refractivity contribution in [2.75, 3.05) is 6.61 Å². The fraction of sp³-hybridized carbons (Fsp3) is 0.462. The van der Waals surface area contributed by atoms with E-state index in [1.54, 1.807) is 0 Å². The molecule has 7 nitrogen and oxygen atoms in total. The number of fused-ring (bicyclic) bond motifs is 1. The molecule has 1 aromatic carbocycles. The third-order valence-electron chi connectivity index (χ3n) is 6.31. The Kier molecular flexibility index (Phi) is 7.66. The van der Waals surface area contributed by atoms with Crippen molar-refractivity contribution in [2.24, 2.45) is 5.92 Å². The standard InChI is InChI=1S/C26H33N3O4S2/c1-5-6-15-33-26(30)28-35(31,32)25-24(18(4)22(34-25)16-17(2)3)20-9-7-19(8-10-20)21-11-12-23-27-13-14-29(21)23/h7-10,13-14,17,21H,5-6,11-12,15-16H2,1-4H3,(H,28,30)/t21-/m1/s1. The van der Waals surface area contributed by atoms with Crippen molar-refractivity contribution in [1.29, 1.82) is 0 Å². The molecule has 0 aliphatic carbocycles. The Hall–Kier alpha value is -2.65. The number of benzene rings is 1. The van der Waals surface area contributed by atoms with Gasteiger partial charge in [-0.3, -0.25) is 0 Å². The summed E-state index contributed by atoms with van der Waals surface area (Å²) < 4.78 is 36.1. The molecule has 3 heterocycles. The Balaban J connectivity index is 1.67. The molecule has 3 aromatic rings. The fourth-order valence-electron chi connectivity index (χ4n) is 4.54. The Morgan fingerprint density at radius 3 is 2.71 bits per heavy atom. The molecule has 0 bridgehead atoms. The summed E-state index contributed by atoms with van der Waals surface area (Å²) in [6, 6.07) is 8.34. The van der Waals surface area contributed by atoms with Gasteiger partial charge in [0.25, 0.3) is 10.0 Å². The summed E-state index contributed by atoms with van der Waals surface area (Å²) in [6.07, 6.45) is 7.16. The van der Waals surface area contributed by atoms with Crippen molar-refractivity contribution < 1.29 is 17.9 Å². The van der Waals surface area contributed by atoms with Crippen molar-refractivity contribution in [2.45, 2.75) is 70.1 Å². The van der Waals surface area contributed by atoms with Crippen LogP contribution in [0.25, 0.3) is 11.1 Å². The van der Waals surface area contributed by atoms with Crippen molar-refractivity contribution in [3.63, 3.8) is 0 Å². The molecular formula is C26H33N3O4S2. The average molecular weight is 516 g/mol. The Bertz CT molecular complexity index is 1290. The van der Waals surface area contributed by atoms with Gasteiger partial charge in [-0.1, -0.05) is 51.5 Å². The van der Waals surface area contributed by atoms with Crippen LogP contribution in [0.4, 0.5) is 4.79 Å². The minimum Gasteiger partial charge on any atom is -0.449 e. The summed E-state index contributed by atoms with van der Waals surface area (Å²) in [7, 11) is -4.09. The number of aryl methyl sites for hydroxylation is 1. The first kappa shape index (κ1) is 25.4. The smallest absolute Gasteiger partial charge is 0.421 e. The molecule has 1 aliphatic heterocycles. The molecule has 9 heteroatoms. The average Bonchev–Trinajstić information content (AvgIpc) is 3.49. The number of carbonyl (C=O) groups excluding carboxylic acids is 1. The number of aromatic nitrogens is 2. The van der Waals surface area contributed by atoms with Crippen LogP contribution >= 0.6 is 11.3 Å². The number of nitrogens with one attached hydrogen (secondary N) is 1. The van der Waals surface area contributed by atoms with E-state index in [0.29, 0.717) is 17.9 Å². The number of thiophene rings is 1. The topological polar surface area (TPSA) is 90.3 Å². The second-order valence-corrected chi connectivity index (χ2v) is 12.4. The van der Waals surface area contributed by atoms with Crippen LogP contribution in [-0.4, -0.2) is 30.7 Å². The van der Waals surface area contributed by atoms with Crippen LogP contribution in [0, 0.1) is 12.8 Å². The van der Waals surface area contributed by atoms with Gasteiger partial charge < -0.3 is 9.30 Å². The van der Waals surface area contributed by atoms with Gasteiger partial charge in [-0.05, 0) is 48.8 Å². The van der Waals surface area contributed by atoms with Gasteiger partial charge in [0.2, 0.25) is 0 Å². The maximum Gasteiger partial charge on any atom is 0.421 e. The van der Waals surface area contributed by atoms with Gasteiger partial charge in [0.1, 0.15) is 10.0 Å². The minimum absolute atomic E-state index is 0.156. The molecule has 2 aromatic heterocycles. The predicted molar refractivity (Wildman–Crippen MR) is 138 cm³/mol. The molecule has 1 atom stereocenters. The lowest BCUT2D eigenvalue weighted by molar-refractivity contribution is 0.151. The number of ether oxygens (including phenoxy) is 1. The first-order valence-electron chi connectivity index (χ1n) is 12.1. The first-order valence-corrected chi connectivity index (χ1v) is 14.4. The number of carbonyl (C=O) groups is 1. The van der Waals surface area contributed by atoms with Crippen molar-refractivity contribution in [3.8, 4) is 11.1 Å². The highest BCUT2D eigenvalue weighted by molar-refractivity contribution is 7.92. The van der Waals surface area contributed by atoms with E-state index >= 15 is 0 Å². The largest absolute Gasteiger partial charge is 0.449 e. The summed E-state index contributed by atoms with van der Waals surface area (Å²) in [6.45, 7) is 8.34. The van der Waals surface area contributed by atoms with Gasteiger partial charge in [0.05, 0.1) is 12.6 Å². The van der Waals surface area contributed by atoms with Crippen LogP contribution in [0.3, 0.4) is 0 Å². The summed E-state index contributed by atoms with van der Waals surface area (Å²) in [5.74, 6) is 1.47. The number of sulfonamides is 1. The molecule has 0 saturated heterocycles. The lowest BCUT2D eigenvalue weighted by Crippen LogP contribution is -2.31. The van der Waals surface area contributed by atoms with E-state index in [-0.39, 0.29) is 16.9 Å². The molecule has 35 heavy (non-hydrogen) atoms. The number of rotatable bonds is 9. The van der Waals surface area contributed by atoms with Crippen molar-refractivity contribution >= 4 is 27.5 Å². The highest BCUT2D eigenvalue weighted by atomic mass is 32.2. The summed E-state index contributed by atoms with van der Waals surface area (Å²) in [5, 5.41) is 0. The van der Waals surface area contributed by atoms with Crippen LogP contribution < -0.4 is 4.72 Å². The summed E-state index contributed by atoms with van der Waals surface area (Å²) in [4.78, 5) is 17.6. The third-order valence-corrected chi connectivity index (χ3v) is 9.45. The molecule has 0 unspecified atom stereocenters. The second-order valence-electron chi connectivity index (χ2n) is 9.43. The van der Waals surface area contributed by atoms with Crippen molar-refractivity contribution in [1.82, 2.24) is 14.3 Å². The number of unbranched alkanes of at least 4 members (excludes halogenated alkanes) is 1. The number of hydrogen-bond donors (Lipinski definition) is 1. The molecule has 0 radical (unpaired) electrons. The maximum atomic E-state index is 13.3. The highest BCUT2D eigenvalue weighted by Gasteiger charge is 2.29. The highest BCUT2D eigenvalue weighted by Crippen LogP contribution is 2.41. The molecule has 1 N–H and O–H groups in total. The molecular weight excluding hydrogens is 482 g/mol. The van der Waals surface area contributed by atoms with Crippen LogP contribution in [0.2, 0.25) is 0 Å². The monoisotopic (exact) mass is 515 g/mol. The number of hydrogen-bond acceptors (Lipinski definition) is 6. The fourth-order valence-corrected chi connectivity index (χ4v) is 7.59. The van der Waals surface area contributed by atoms with Gasteiger partial charge >= 0.3 is 6.09 Å². The van der Waals surface area contributed by atoms with Gasteiger partial charge in [0.15, 0.2) is 0 Å². The summed E-state index contributed by atoms with van der Waals surface area (Å²) in [5.41, 5.74) is 3.58. The zero-order chi connectivity index (χ0) is 25.2. The SMILES string of the molecule is CCCCOC(=O)NS(=O)(=O)c1sc(CC(C)C)c(C)c1-c1ccc([C@H]2CCc3nccn32)cc1. The van der Waals surface area contributed by atoms with Crippen molar-refractivity contribution in [3.05, 3.63) is 58.5 Å². The zero-order valence-corrected chi connectivity index (χ0v) is 22.3. The second kappa shape index (κ2) is 10.5. The zero-order valence-electron chi connectivity index (χ0n) is 20.7. The van der Waals surface area contributed by atoms with Crippen LogP contribution in [0.1, 0.15) is 67.9 Å². The molecule has 1 aliphatic rings. The van der Waals surface area contributed by atoms with Crippen LogP contribution in [0.5, 0.6) is 0 Å². The molecule has 0 saturated carbocycles. The van der Waals surface area contributed by atoms with Gasteiger partial charge in [0, 0.05) is 29.3 Å². The van der Waals surface area contributed by atoms with Crippen LogP contribution in [-0.2, 0) is 27.6 Å². The van der Waals surface area contributed by atoms with Gasteiger partial charge in [-0.2, -0.15) is 0 Å². The Labute approximate surface area is 211 Å². The van der Waals surface area contributed by atoms with Gasteiger partial charge in [-0.15, -0.1) is 11.3 Å².